The zero-order valence-corrected chi connectivity index (χ0v) is 14.5. The summed E-state index contributed by atoms with van der Waals surface area (Å²) in [6.07, 6.45) is 4.16. The third-order valence-corrected chi connectivity index (χ3v) is 7.49. The summed E-state index contributed by atoms with van der Waals surface area (Å²) < 4.78 is 28.8. The van der Waals surface area contributed by atoms with Gasteiger partial charge < -0.3 is 9.73 Å². The van der Waals surface area contributed by atoms with E-state index in [1.807, 2.05) is 42.5 Å². The second kappa shape index (κ2) is 6.05. The van der Waals surface area contributed by atoms with E-state index in [1.54, 1.807) is 0 Å². The molecule has 2 aliphatic rings. The molecule has 5 heteroatoms. The second-order valence-corrected chi connectivity index (χ2v) is 9.38. The molecule has 2 fully saturated rings. The van der Waals surface area contributed by atoms with E-state index in [0.29, 0.717) is 17.5 Å². The van der Waals surface area contributed by atoms with Gasteiger partial charge in [-0.3, -0.25) is 0 Å². The maximum absolute atomic E-state index is 11.4. The average Bonchev–Trinajstić information content (AvgIpc) is 3.02. The molecule has 1 saturated heterocycles. The monoisotopic (exact) mass is 345 g/mol. The third-order valence-electron chi connectivity index (χ3n) is 5.38. The van der Waals surface area contributed by atoms with Gasteiger partial charge in [0, 0.05) is 11.6 Å². The molecule has 0 unspecified atom stereocenters. The predicted molar refractivity (Wildman–Crippen MR) is 94.3 cm³/mol. The Labute approximate surface area is 143 Å². The van der Waals surface area contributed by atoms with E-state index in [1.165, 1.54) is 0 Å². The van der Waals surface area contributed by atoms with E-state index in [9.17, 15) is 8.42 Å². The molecule has 0 bridgehead atoms. The molecule has 1 saturated carbocycles. The van der Waals surface area contributed by atoms with Crippen molar-refractivity contribution >= 4 is 9.84 Å². The lowest BCUT2D eigenvalue weighted by molar-refractivity contribution is 0.191. The predicted octanol–water partition coefficient (Wildman–Crippen LogP) is 3.39. The van der Waals surface area contributed by atoms with Crippen LogP contribution in [-0.4, -0.2) is 26.0 Å². The molecule has 4 nitrogen and oxygen atoms in total. The summed E-state index contributed by atoms with van der Waals surface area (Å²) in [6.45, 7) is 0.725. The van der Waals surface area contributed by atoms with Crippen LogP contribution in [0.5, 0.6) is 0 Å². The number of nitrogens with one attached hydrogen (secondary N) is 1. The summed E-state index contributed by atoms with van der Waals surface area (Å²) in [5, 5.41) is 3.57. The summed E-state index contributed by atoms with van der Waals surface area (Å²) in [5.41, 5.74) is 1.19. The van der Waals surface area contributed by atoms with E-state index in [2.05, 4.69) is 5.32 Å². The van der Waals surface area contributed by atoms with Crippen molar-refractivity contribution in [3.05, 3.63) is 48.2 Å². The Morgan fingerprint density at radius 3 is 2.42 bits per heavy atom. The topological polar surface area (TPSA) is 59.3 Å². The van der Waals surface area contributed by atoms with Gasteiger partial charge in [-0.1, -0.05) is 30.3 Å². The largest absolute Gasteiger partial charge is 0.460 e. The van der Waals surface area contributed by atoms with Crippen molar-refractivity contribution in [2.75, 3.05) is 11.5 Å². The van der Waals surface area contributed by atoms with Crippen molar-refractivity contribution in [3.8, 4) is 11.3 Å². The maximum Gasteiger partial charge on any atom is 0.151 e. The lowest BCUT2D eigenvalue weighted by atomic mass is 9.74. The van der Waals surface area contributed by atoms with Crippen molar-refractivity contribution in [2.24, 2.45) is 5.41 Å². The molecule has 4 rings (SSSR count). The van der Waals surface area contributed by atoms with Gasteiger partial charge in [0.05, 0.1) is 18.1 Å². The van der Waals surface area contributed by atoms with Crippen LogP contribution in [0.15, 0.2) is 46.9 Å². The zero-order valence-electron chi connectivity index (χ0n) is 13.7. The normalized spacial score (nSPS) is 22.3. The Balaban J connectivity index is 1.29. The molecule has 1 spiro atoms. The molecule has 1 aromatic heterocycles. The summed E-state index contributed by atoms with van der Waals surface area (Å²) >= 11 is 0. The first-order valence-corrected chi connectivity index (χ1v) is 10.4. The molecule has 1 aromatic carbocycles. The summed E-state index contributed by atoms with van der Waals surface area (Å²) in [7, 11) is -2.72. The summed E-state index contributed by atoms with van der Waals surface area (Å²) in [5.74, 6) is 2.66. The second-order valence-electron chi connectivity index (χ2n) is 7.32. The molecule has 0 radical (unpaired) electrons. The Morgan fingerprint density at radius 2 is 1.75 bits per heavy atom. The maximum atomic E-state index is 11.4. The van der Waals surface area contributed by atoms with Crippen molar-refractivity contribution in [2.45, 2.75) is 38.3 Å². The SMILES string of the molecule is O=S1(=O)CC2(CCC(NCc3ccc(-c4ccccc4)o3)CC2)C1. The van der Waals surface area contributed by atoms with E-state index >= 15 is 0 Å². The molecule has 0 amide bonds. The van der Waals surface area contributed by atoms with Gasteiger partial charge >= 0.3 is 0 Å². The van der Waals surface area contributed by atoms with Crippen LogP contribution >= 0.6 is 0 Å². The highest BCUT2D eigenvalue weighted by Crippen LogP contribution is 2.45. The average molecular weight is 345 g/mol. The first kappa shape index (κ1) is 15.9. The van der Waals surface area contributed by atoms with Crippen LogP contribution in [0.2, 0.25) is 0 Å². The van der Waals surface area contributed by atoms with E-state index < -0.39 is 9.84 Å². The molecule has 1 N–H and O–H groups in total. The van der Waals surface area contributed by atoms with E-state index in [4.69, 9.17) is 4.42 Å². The fourth-order valence-electron chi connectivity index (χ4n) is 4.09. The van der Waals surface area contributed by atoms with Crippen LogP contribution in [0.25, 0.3) is 11.3 Å². The van der Waals surface area contributed by atoms with Crippen molar-refractivity contribution < 1.29 is 12.8 Å². The number of hydrogen-bond donors (Lipinski definition) is 1. The molecular formula is C19H23NO3S. The van der Waals surface area contributed by atoms with Crippen LogP contribution < -0.4 is 5.32 Å². The first-order chi connectivity index (χ1) is 11.5. The van der Waals surface area contributed by atoms with Gasteiger partial charge in [-0.2, -0.15) is 0 Å². The molecule has 1 aliphatic carbocycles. The number of rotatable bonds is 4. The van der Waals surface area contributed by atoms with Gasteiger partial charge in [0.25, 0.3) is 0 Å². The molecule has 24 heavy (non-hydrogen) atoms. The fourth-order valence-corrected chi connectivity index (χ4v) is 6.45. The van der Waals surface area contributed by atoms with Gasteiger partial charge in [-0.15, -0.1) is 0 Å². The van der Waals surface area contributed by atoms with Crippen LogP contribution in [0, 0.1) is 5.41 Å². The Bertz CT molecular complexity index is 788. The van der Waals surface area contributed by atoms with Gasteiger partial charge in [0.2, 0.25) is 0 Å². The van der Waals surface area contributed by atoms with Gasteiger partial charge in [0.1, 0.15) is 11.5 Å². The van der Waals surface area contributed by atoms with Gasteiger partial charge in [-0.05, 0) is 43.2 Å². The molecule has 1 aliphatic heterocycles. The van der Waals surface area contributed by atoms with Gasteiger partial charge in [0.15, 0.2) is 9.84 Å². The molecule has 2 heterocycles. The zero-order chi connectivity index (χ0) is 16.6. The standard InChI is InChI=1S/C19H23NO3S/c21-24(22)13-19(14-24)10-8-16(9-11-19)20-12-17-6-7-18(23-17)15-4-2-1-3-5-15/h1-7,16,20H,8-14H2. The smallest absolute Gasteiger partial charge is 0.151 e. The minimum atomic E-state index is -2.72. The third kappa shape index (κ3) is 3.28. The quantitative estimate of drug-likeness (QED) is 0.923. The number of benzene rings is 1. The lowest BCUT2D eigenvalue weighted by Crippen LogP contribution is -2.52. The van der Waals surface area contributed by atoms with Crippen molar-refractivity contribution in [3.63, 3.8) is 0 Å². The molecule has 2 aromatic rings. The summed E-state index contributed by atoms with van der Waals surface area (Å²) in [4.78, 5) is 0. The van der Waals surface area contributed by atoms with Crippen molar-refractivity contribution in [1.82, 2.24) is 5.32 Å². The van der Waals surface area contributed by atoms with Crippen LogP contribution in [0.3, 0.4) is 0 Å². The van der Waals surface area contributed by atoms with E-state index in [0.717, 1.165) is 49.3 Å². The highest BCUT2D eigenvalue weighted by molar-refractivity contribution is 7.92. The number of furan rings is 1. The van der Waals surface area contributed by atoms with Crippen LogP contribution in [-0.2, 0) is 16.4 Å². The Hall–Kier alpha value is -1.59. The van der Waals surface area contributed by atoms with E-state index in [-0.39, 0.29) is 5.41 Å². The lowest BCUT2D eigenvalue weighted by Gasteiger charge is -2.46. The minimum absolute atomic E-state index is 0.0994. The minimum Gasteiger partial charge on any atom is -0.460 e. The fraction of sp³-hybridized carbons (Fsp3) is 0.474. The molecule has 128 valence electrons. The van der Waals surface area contributed by atoms with Crippen LogP contribution in [0.4, 0.5) is 0 Å². The molecule has 0 atom stereocenters. The highest BCUT2D eigenvalue weighted by Gasteiger charge is 2.49. The van der Waals surface area contributed by atoms with Crippen molar-refractivity contribution in [1.29, 1.82) is 0 Å². The van der Waals surface area contributed by atoms with Crippen LogP contribution in [0.1, 0.15) is 31.4 Å². The highest BCUT2D eigenvalue weighted by atomic mass is 32.2. The Morgan fingerprint density at radius 1 is 1.04 bits per heavy atom. The summed E-state index contributed by atoms with van der Waals surface area (Å²) in [6, 6.07) is 14.6. The molecular weight excluding hydrogens is 322 g/mol. The number of sulfone groups is 1. The number of hydrogen-bond acceptors (Lipinski definition) is 4. The first-order valence-electron chi connectivity index (χ1n) is 8.62. The van der Waals surface area contributed by atoms with Gasteiger partial charge in [-0.25, -0.2) is 8.42 Å². The Kier molecular flexibility index (Phi) is 4.01.